The first-order chi connectivity index (χ1) is 21.8. The van der Waals surface area contributed by atoms with E-state index in [0.717, 1.165) is 32.9 Å². The van der Waals surface area contributed by atoms with Crippen LogP contribution in [0.4, 0.5) is 0 Å². The maximum atomic E-state index is 5.17. The number of benzene rings is 6. The van der Waals surface area contributed by atoms with Crippen molar-refractivity contribution >= 4 is 53.4 Å². The molecule has 6 aromatic carbocycles. The van der Waals surface area contributed by atoms with Gasteiger partial charge < -0.3 is 4.57 Å². The molecule has 206 valence electrons. The van der Waals surface area contributed by atoms with Crippen LogP contribution in [0.2, 0.25) is 0 Å². The molecule has 0 amide bonds. The molecule has 9 rings (SSSR count). The van der Waals surface area contributed by atoms with Crippen LogP contribution in [-0.2, 0) is 0 Å². The van der Waals surface area contributed by atoms with Gasteiger partial charge in [-0.2, -0.15) is 0 Å². The van der Waals surface area contributed by atoms with E-state index in [0.29, 0.717) is 0 Å². The highest BCUT2D eigenvalue weighted by Gasteiger charge is 2.17. The second-order valence-corrected chi connectivity index (χ2v) is 12.1. The fourth-order valence-corrected chi connectivity index (χ4v) is 7.45. The molecule has 0 atom stereocenters. The Balaban J connectivity index is 1.16. The first kappa shape index (κ1) is 25.0. The third-order valence-electron chi connectivity index (χ3n) is 8.45. The summed E-state index contributed by atoms with van der Waals surface area (Å²) in [6.45, 7) is 0. The van der Waals surface area contributed by atoms with E-state index < -0.39 is 0 Å². The monoisotopic (exact) mass is 579 g/mol. The minimum atomic E-state index is 0.746. The van der Waals surface area contributed by atoms with Crippen LogP contribution in [0.15, 0.2) is 152 Å². The van der Waals surface area contributed by atoms with Gasteiger partial charge in [0.2, 0.25) is 0 Å². The third-order valence-corrected chi connectivity index (χ3v) is 9.51. The summed E-state index contributed by atoms with van der Waals surface area (Å²) in [5.74, 6) is 0.746. The summed E-state index contributed by atoms with van der Waals surface area (Å²) in [6.07, 6.45) is 0. The van der Waals surface area contributed by atoms with E-state index in [1.54, 1.807) is 11.3 Å². The lowest BCUT2D eigenvalue weighted by Gasteiger charge is -2.09. The van der Waals surface area contributed by atoms with Gasteiger partial charge in [-0.15, -0.1) is 11.3 Å². The molecule has 0 saturated carbocycles. The fourth-order valence-electron chi connectivity index (χ4n) is 6.38. The van der Waals surface area contributed by atoms with Gasteiger partial charge in [-0.05, 0) is 47.5 Å². The lowest BCUT2D eigenvalue weighted by molar-refractivity contribution is 1.18. The minimum absolute atomic E-state index is 0.746. The summed E-state index contributed by atoms with van der Waals surface area (Å²) in [4.78, 5) is 11.3. The average Bonchev–Trinajstić information content (AvgIpc) is 3.64. The highest BCUT2D eigenvalue weighted by molar-refractivity contribution is 7.25. The van der Waals surface area contributed by atoms with Gasteiger partial charge in [-0.1, -0.05) is 115 Å². The van der Waals surface area contributed by atoms with E-state index in [4.69, 9.17) is 9.97 Å². The number of thiophene rings is 1. The summed E-state index contributed by atoms with van der Waals surface area (Å²) < 4.78 is 3.58. The highest BCUT2D eigenvalue weighted by Crippen LogP contribution is 2.40. The van der Waals surface area contributed by atoms with Crippen LogP contribution < -0.4 is 0 Å². The molecule has 0 aliphatic carbocycles. The normalized spacial score (nSPS) is 11.6. The molecule has 3 heterocycles. The van der Waals surface area contributed by atoms with E-state index in [2.05, 4.69) is 150 Å². The summed E-state index contributed by atoms with van der Waals surface area (Å²) in [6, 6.07) is 53.7. The highest BCUT2D eigenvalue weighted by atomic mass is 32.1. The topological polar surface area (TPSA) is 30.7 Å². The molecule has 0 N–H and O–H groups in total. The van der Waals surface area contributed by atoms with Gasteiger partial charge >= 0.3 is 0 Å². The molecule has 0 saturated heterocycles. The average molecular weight is 580 g/mol. The number of hydrogen-bond acceptors (Lipinski definition) is 3. The maximum Gasteiger partial charge on any atom is 0.161 e. The molecule has 0 spiro atoms. The largest absolute Gasteiger partial charge is 0.309 e. The van der Waals surface area contributed by atoms with Crippen LogP contribution in [0.5, 0.6) is 0 Å². The quantitative estimate of drug-likeness (QED) is 0.208. The second-order valence-electron chi connectivity index (χ2n) is 11.0. The maximum absolute atomic E-state index is 5.17. The van der Waals surface area contributed by atoms with E-state index >= 15 is 0 Å². The summed E-state index contributed by atoms with van der Waals surface area (Å²) in [5.41, 5.74) is 9.02. The Bertz CT molecular complexity index is 2470. The lowest BCUT2D eigenvalue weighted by Crippen LogP contribution is -1.94. The van der Waals surface area contributed by atoms with Gasteiger partial charge in [0.15, 0.2) is 5.82 Å². The van der Waals surface area contributed by atoms with Gasteiger partial charge in [0.1, 0.15) is 4.83 Å². The SMILES string of the molecule is c1ccc(-c2nc(-c3ccc(-c4ccc5c(c4)c4ccccc4n5-c4ccccc4)cc3)nc3sc4ccccc4c23)cc1. The molecule has 3 nitrogen and oxygen atoms in total. The van der Waals surface area contributed by atoms with Crippen molar-refractivity contribution in [3.63, 3.8) is 0 Å². The van der Waals surface area contributed by atoms with Crippen molar-refractivity contribution in [3.8, 4) is 39.5 Å². The molecule has 0 radical (unpaired) electrons. The van der Waals surface area contributed by atoms with Crippen LogP contribution in [0.1, 0.15) is 0 Å². The Morgan fingerprint density at radius 1 is 0.455 bits per heavy atom. The van der Waals surface area contributed by atoms with Crippen LogP contribution in [0, 0.1) is 0 Å². The summed E-state index contributed by atoms with van der Waals surface area (Å²) >= 11 is 1.73. The van der Waals surface area contributed by atoms with Crippen LogP contribution in [0.25, 0.3) is 81.6 Å². The van der Waals surface area contributed by atoms with Gasteiger partial charge in [-0.25, -0.2) is 9.97 Å². The lowest BCUT2D eigenvalue weighted by atomic mass is 10.0. The molecule has 44 heavy (non-hydrogen) atoms. The van der Waals surface area contributed by atoms with Crippen molar-refractivity contribution in [1.29, 1.82) is 0 Å². The summed E-state index contributed by atoms with van der Waals surface area (Å²) in [7, 11) is 0. The van der Waals surface area contributed by atoms with Crippen molar-refractivity contribution in [2.75, 3.05) is 0 Å². The smallest absolute Gasteiger partial charge is 0.161 e. The van der Waals surface area contributed by atoms with Crippen molar-refractivity contribution in [1.82, 2.24) is 14.5 Å². The Morgan fingerprint density at radius 2 is 1.09 bits per heavy atom. The van der Waals surface area contributed by atoms with Crippen molar-refractivity contribution in [3.05, 3.63) is 152 Å². The predicted molar refractivity (Wildman–Crippen MR) is 186 cm³/mol. The van der Waals surface area contributed by atoms with E-state index in [9.17, 15) is 0 Å². The molecule has 0 aliphatic heterocycles. The molecule has 3 aromatic heterocycles. The van der Waals surface area contributed by atoms with E-state index in [-0.39, 0.29) is 0 Å². The number of rotatable bonds is 4. The zero-order valence-electron chi connectivity index (χ0n) is 23.7. The van der Waals surface area contributed by atoms with Gasteiger partial charge in [0, 0.05) is 43.1 Å². The molecule has 9 aromatic rings. The van der Waals surface area contributed by atoms with Gasteiger partial charge in [0.05, 0.1) is 16.7 Å². The van der Waals surface area contributed by atoms with E-state index in [1.807, 2.05) is 6.07 Å². The molecule has 0 bridgehead atoms. The predicted octanol–water partition coefficient (Wildman–Crippen LogP) is 10.9. The zero-order valence-corrected chi connectivity index (χ0v) is 24.5. The zero-order chi connectivity index (χ0) is 29.0. The van der Waals surface area contributed by atoms with Crippen molar-refractivity contribution in [2.24, 2.45) is 0 Å². The first-order valence-electron chi connectivity index (χ1n) is 14.8. The number of fused-ring (bicyclic) bond motifs is 6. The molecule has 0 aliphatic rings. The van der Waals surface area contributed by atoms with E-state index in [1.165, 1.54) is 48.7 Å². The molecule has 0 fully saturated rings. The second kappa shape index (κ2) is 10.0. The van der Waals surface area contributed by atoms with Crippen LogP contribution in [0.3, 0.4) is 0 Å². The Morgan fingerprint density at radius 3 is 1.91 bits per heavy atom. The first-order valence-corrected chi connectivity index (χ1v) is 15.6. The third kappa shape index (κ3) is 3.96. The number of aromatic nitrogens is 3. The Labute approximate surface area is 258 Å². The van der Waals surface area contributed by atoms with Gasteiger partial charge in [0.25, 0.3) is 0 Å². The van der Waals surface area contributed by atoms with Crippen LogP contribution in [-0.4, -0.2) is 14.5 Å². The number of para-hydroxylation sites is 2. The van der Waals surface area contributed by atoms with Crippen molar-refractivity contribution < 1.29 is 0 Å². The molecule has 0 unspecified atom stereocenters. The van der Waals surface area contributed by atoms with Gasteiger partial charge in [-0.3, -0.25) is 0 Å². The fraction of sp³-hybridized carbons (Fsp3) is 0. The molecule has 4 heteroatoms. The Kier molecular flexibility index (Phi) is 5.68. The summed E-state index contributed by atoms with van der Waals surface area (Å²) in [5, 5.41) is 4.83. The number of nitrogens with zero attached hydrogens (tertiary/aromatic N) is 3. The standard InChI is InChI=1S/C40H25N3S/c1-3-11-27(12-4-1)38-37-32-16-8-10-18-36(32)44-40(37)42-39(41-38)28-21-19-26(20-22-28)29-23-24-35-33(25-29)31-15-7-9-17-34(31)43(35)30-13-5-2-6-14-30/h1-25H. The Hall–Kier alpha value is -5.58. The minimum Gasteiger partial charge on any atom is -0.309 e. The van der Waals surface area contributed by atoms with Crippen molar-refractivity contribution in [2.45, 2.75) is 0 Å². The molecular weight excluding hydrogens is 555 g/mol. The molecular formula is C40H25N3S. The number of hydrogen-bond donors (Lipinski definition) is 0. The van der Waals surface area contributed by atoms with Crippen LogP contribution >= 0.6 is 11.3 Å².